The van der Waals surface area contributed by atoms with E-state index in [0.29, 0.717) is 11.7 Å². The highest BCUT2D eigenvalue weighted by Gasteiger charge is 2.29. The second-order valence-electron chi connectivity index (χ2n) is 6.05. The predicted molar refractivity (Wildman–Crippen MR) is 94.3 cm³/mol. The number of carbonyl (C=O) groups excluding carboxylic acids is 2. The van der Waals surface area contributed by atoms with Crippen LogP contribution >= 0.6 is 0 Å². The minimum Gasteiger partial charge on any atom is -0.486 e. The van der Waals surface area contributed by atoms with Crippen LogP contribution in [-0.4, -0.2) is 34.6 Å². The number of nitrogens with two attached hydrogens (primary N) is 1. The summed E-state index contributed by atoms with van der Waals surface area (Å²) in [5.74, 6) is -1.76. The molecule has 9 nitrogen and oxygen atoms in total. The second kappa shape index (κ2) is 8.27. The smallest absolute Gasteiger partial charge is 0.296 e. The van der Waals surface area contributed by atoms with Gasteiger partial charge < -0.3 is 29.7 Å². The van der Waals surface area contributed by atoms with Crippen LogP contribution in [0.3, 0.4) is 0 Å². The van der Waals surface area contributed by atoms with Gasteiger partial charge in [0.25, 0.3) is 12.3 Å². The maximum absolute atomic E-state index is 13.4. The number of nitrogens with one attached hydrogen (secondary N) is 1. The Morgan fingerprint density at radius 1 is 1.34 bits per heavy atom. The number of aryl methyl sites for hydroxylation is 1. The molecule has 0 spiro atoms. The molecule has 0 saturated heterocycles. The van der Waals surface area contributed by atoms with E-state index in [9.17, 15) is 18.4 Å². The average molecular weight is 409 g/mol. The van der Waals surface area contributed by atoms with Crippen molar-refractivity contribution in [3.63, 3.8) is 0 Å². The Morgan fingerprint density at radius 2 is 2.10 bits per heavy atom. The summed E-state index contributed by atoms with van der Waals surface area (Å²) in [5, 5.41) is 11.3. The van der Waals surface area contributed by atoms with Gasteiger partial charge in [-0.2, -0.15) is 0 Å². The molecule has 0 aliphatic heterocycles. The van der Waals surface area contributed by atoms with Gasteiger partial charge in [0.15, 0.2) is 17.4 Å². The lowest BCUT2D eigenvalue weighted by Crippen LogP contribution is -2.46. The number of amides is 2. The third-order valence-electron chi connectivity index (χ3n) is 3.99. The molecule has 1 aromatic carbocycles. The van der Waals surface area contributed by atoms with Crippen LogP contribution in [0.25, 0.3) is 11.0 Å². The van der Waals surface area contributed by atoms with Gasteiger partial charge in [-0.25, -0.2) is 13.8 Å². The summed E-state index contributed by atoms with van der Waals surface area (Å²) >= 11 is 0. The molecule has 0 saturated carbocycles. The van der Waals surface area contributed by atoms with E-state index < -0.39 is 42.2 Å². The molecule has 11 heteroatoms. The average Bonchev–Trinajstić information content (AvgIpc) is 3.27. The zero-order valence-electron chi connectivity index (χ0n) is 15.1. The molecule has 154 valence electrons. The van der Waals surface area contributed by atoms with Crippen LogP contribution in [0.4, 0.5) is 8.78 Å². The Morgan fingerprint density at radius 3 is 2.69 bits per heavy atom. The minimum absolute atomic E-state index is 0.0212. The summed E-state index contributed by atoms with van der Waals surface area (Å²) in [6.07, 6.45) is -1.61. The number of fused-ring (bicyclic) bond motifs is 1. The van der Waals surface area contributed by atoms with Gasteiger partial charge in [-0.1, -0.05) is 0 Å². The molecule has 29 heavy (non-hydrogen) atoms. The number of alkyl halides is 2. The summed E-state index contributed by atoms with van der Waals surface area (Å²) in [4.78, 5) is 27.7. The van der Waals surface area contributed by atoms with E-state index in [0.717, 1.165) is 0 Å². The largest absolute Gasteiger partial charge is 0.486 e. The summed E-state index contributed by atoms with van der Waals surface area (Å²) in [7, 11) is 0. The summed E-state index contributed by atoms with van der Waals surface area (Å²) in [5.41, 5.74) is 4.61. The highest BCUT2D eigenvalue weighted by Crippen LogP contribution is 2.35. The number of aromatic nitrogens is 1. The maximum atomic E-state index is 13.4. The van der Waals surface area contributed by atoms with E-state index in [1.54, 1.807) is 6.92 Å². The van der Waals surface area contributed by atoms with Gasteiger partial charge in [0.1, 0.15) is 24.0 Å². The number of nitrogens with zero attached hydrogens (tertiary/aromatic N) is 1. The van der Waals surface area contributed by atoms with Gasteiger partial charge in [0.05, 0.1) is 18.4 Å². The third-order valence-corrected chi connectivity index (χ3v) is 3.99. The standard InChI is InChI=1S/C18H17F2N3O6/c1-8-22-5-10(28-8)7-27-9-2-3-13-11(4-9)14(15(29-13)16(19)20)18(26)23-12(6-24)17(21)25/h2-5,12,16,24H,6-7H2,1H3,(H2,21,25)(H,23,26). The SMILES string of the molecule is Cc1ncc(COc2ccc3oc(C(F)F)c(C(=O)NC(CO)C(N)=O)c3c2)o1. The summed E-state index contributed by atoms with van der Waals surface area (Å²) in [6.45, 7) is 0.914. The summed E-state index contributed by atoms with van der Waals surface area (Å²) < 4.78 is 42.8. The lowest BCUT2D eigenvalue weighted by Gasteiger charge is -2.12. The van der Waals surface area contributed by atoms with Crippen LogP contribution in [0.2, 0.25) is 0 Å². The Labute approximate surface area is 162 Å². The zero-order valence-corrected chi connectivity index (χ0v) is 15.1. The van der Waals surface area contributed by atoms with Crippen molar-refractivity contribution in [2.45, 2.75) is 26.0 Å². The fraction of sp³-hybridized carbons (Fsp3) is 0.278. The molecule has 4 N–H and O–H groups in total. The number of hydrogen-bond acceptors (Lipinski definition) is 7. The number of aliphatic hydroxyl groups excluding tert-OH is 1. The number of halogens is 2. The first-order valence-corrected chi connectivity index (χ1v) is 8.40. The van der Waals surface area contributed by atoms with E-state index >= 15 is 0 Å². The number of carbonyl (C=O) groups is 2. The Kier molecular flexibility index (Phi) is 5.78. The molecule has 2 aromatic heterocycles. The number of primary amides is 1. The van der Waals surface area contributed by atoms with Crippen molar-refractivity contribution in [1.29, 1.82) is 0 Å². The second-order valence-corrected chi connectivity index (χ2v) is 6.05. The number of furan rings is 1. The van der Waals surface area contributed by atoms with Crippen LogP contribution in [0.15, 0.2) is 33.2 Å². The molecular formula is C18H17F2N3O6. The molecule has 0 bridgehead atoms. The molecule has 1 unspecified atom stereocenters. The highest BCUT2D eigenvalue weighted by molar-refractivity contribution is 6.08. The number of oxazole rings is 1. The van der Waals surface area contributed by atoms with E-state index in [4.69, 9.17) is 24.4 Å². The van der Waals surface area contributed by atoms with Crippen LogP contribution in [0.1, 0.15) is 34.2 Å². The molecule has 0 radical (unpaired) electrons. The minimum atomic E-state index is -3.09. The number of benzene rings is 1. The van der Waals surface area contributed by atoms with E-state index in [1.807, 2.05) is 0 Å². The van der Waals surface area contributed by atoms with Crippen molar-refractivity contribution in [3.05, 3.63) is 47.4 Å². The Balaban J connectivity index is 1.94. The number of hydrogen-bond donors (Lipinski definition) is 3. The lowest BCUT2D eigenvalue weighted by atomic mass is 10.1. The van der Waals surface area contributed by atoms with Crippen molar-refractivity contribution in [3.8, 4) is 5.75 Å². The molecule has 0 fully saturated rings. The van der Waals surface area contributed by atoms with Crippen molar-refractivity contribution >= 4 is 22.8 Å². The van der Waals surface area contributed by atoms with Crippen LogP contribution in [-0.2, 0) is 11.4 Å². The van der Waals surface area contributed by atoms with E-state index in [-0.39, 0.29) is 23.3 Å². The van der Waals surface area contributed by atoms with Crippen molar-refractivity contribution in [1.82, 2.24) is 10.3 Å². The van der Waals surface area contributed by atoms with Crippen LogP contribution in [0, 0.1) is 6.92 Å². The first-order chi connectivity index (χ1) is 13.8. The normalized spacial score (nSPS) is 12.3. The molecule has 3 rings (SSSR count). The highest BCUT2D eigenvalue weighted by atomic mass is 19.3. The topological polar surface area (TPSA) is 141 Å². The zero-order chi connectivity index (χ0) is 21.1. The Bertz CT molecular complexity index is 1050. The van der Waals surface area contributed by atoms with E-state index in [1.165, 1.54) is 24.4 Å². The fourth-order valence-corrected chi connectivity index (χ4v) is 2.64. The molecule has 0 aliphatic carbocycles. The third kappa shape index (κ3) is 4.35. The molecule has 0 aliphatic rings. The van der Waals surface area contributed by atoms with Gasteiger partial charge in [-0.05, 0) is 18.2 Å². The van der Waals surface area contributed by atoms with Crippen molar-refractivity contribution < 1.29 is 37.0 Å². The summed E-state index contributed by atoms with van der Waals surface area (Å²) in [6, 6.07) is 2.76. The first-order valence-electron chi connectivity index (χ1n) is 8.40. The number of aliphatic hydroxyl groups is 1. The molecule has 2 heterocycles. The number of rotatable bonds is 8. The van der Waals surface area contributed by atoms with Gasteiger partial charge in [0.2, 0.25) is 5.91 Å². The predicted octanol–water partition coefficient (Wildman–Crippen LogP) is 1.82. The molecular weight excluding hydrogens is 392 g/mol. The lowest BCUT2D eigenvalue weighted by molar-refractivity contribution is -0.120. The first kappa shape index (κ1) is 20.3. The van der Waals surface area contributed by atoms with Gasteiger partial charge >= 0.3 is 0 Å². The van der Waals surface area contributed by atoms with Gasteiger partial charge in [0, 0.05) is 12.3 Å². The Hall–Kier alpha value is -3.47. The maximum Gasteiger partial charge on any atom is 0.296 e. The van der Waals surface area contributed by atoms with Crippen molar-refractivity contribution in [2.24, 2.45) is 5.73 Å². The van der Waals surface area contributed by atoms with Crippen LogP contribution in [0.5, 0.6) is 5.75 Å². The molecule has 1 atom stereocenters. The van der Waals surface area contributed by atoms with Gasteiger partial charge in [-0.3, -0.25) is 9.59 Å². The van der Waals surface area contributed by atoms with Gasteiger partial charge in [-0.15, -0.1) is 0 Å². The molecule has 2 amide bonds. The molecule has 3 aromatic rings. The van der Waals surface area contributed by atoms with E-state index in [2.05, 4.69) is 10.3 Å². The monoisotopic (exact) mass is 409 g/mol. The quantitative estimate of drug-likeness (QED) is 0.515. The van der Waals surface area contributed by atoms with Crippen molar-refractivity contribution in [2.75, 3.05) is 6.61 Å². The fourth-order valence-electron chi connectivity index (χ4n) is 2.64. The number of ether oxygens (including phenoxy) is 1. The van der Waals surface area contributed by atoms with Crippen LogP contribution < -0.4 is 15.8 Å².